The zero-order chi connectivity index (χ0) is 20.3. The molecule has 1 saturated heterocycles. The van der Waals surface area contributed by atoms with Gasteiger partial charge in [0.2, 0.25) is 0 Å². The van der Waals surface area contributed by atoms with Crippen LogP contribution in [0.25, 0.3) is 6.08 Å². The molecular formula is C22H22N2O4. The van der Waals surface area contributed by atoms with Crippen LogP contribution in [-0.4, -0.2) is 25.5 Å². The number of amides is 2. The van der Waals surface area contributed by atoms with E-state index in [9.17, 15) is 9.59 Å². The molecule has 0 atom stereocenters. The smallest absolute Gasteiger partial charge is 0.282 e. The molecule has 0 saturated carbocycles. The Balaban J connectivity index is 1.89. The van der Waals surface area contributed by atoms with Gasteiger partial charge in [0.15, 0.2) is 11.5 Å². The molecule has 1 aliphatic heterocycles. The van der Waals surface area contributed by atoms with E-state index >= 15 is 0 Å². The molecule has 1 aliphatic rings. The van der Waals surface area contributed by atoms with E-state index in [4.69, 9.17) is 9.47 Å². The Bertz CT molecular complexity index is 978. The molecule has 0 radical (unpaired) electrons. The Morgan fingerprint density at radius 3 is 2.54 bits per heavy atom. The lowest BCUT2D eigenvalue weighted by atomic mass is 10.1. The van der Waals surface area contributed by atoms with E-state index in [2.05, 4.69) is 12.0 Å². The van der Waals surface area contributed by atoms with Crippen LogP contribution >= 0.6 is 0 Å². The molecular weight excluding hydrogens is 356 g/mol. The average Bonchev–Trinajstić information content (AvgIpc) is 2.97. The number of carbonyl (C=O) groups is 2. The van der Waals surface area contributed by atoms with Gasteiger partial charge in [0.1, 0.15) is 12.2 Å². The van der Waals surface area contributed by atoms with Crippen molar-refractivity contribution in [1.29, 1.82) is 0 Å². The lowest BCUT2D eigenvalue weighted by molar-refractivity contribution is -0.117. The van der Waals surface area contributed by atoms with Crippen molar-refractivity contribution in [2.45, 2.75) is 13.8 Å². The summed E-state index contributed by atoms with van der Waals surface area (Å²) < 4.78 is 10.9. The quantitative estimate of drug-likeness (QED) is 0.476. The topological polar surface area (TPSA) is 67.9 Å². The predicted octanol–water partition coefficient (Wildman–Crippen LogP) is 3.34. The molecule has 0 aliphatic carbocycles. The van der Waals surface area contributed by atoms with Gasteiger partial charge < -0.3 is 9.47 Å². The fraction of sp³-hybridized carbons (Fsp3) is 0.182. The summed E-state index contributed by atoms with van der Waals surface area (Å²) in [6, 6.07) is 10.8. The number of ether oxygens (including phenoxy) is 2. The molecule has 2 aromatic rings. The Morgan fingerprint density at radius 2 is 1.86 bits per heavy atom. The van der Waals surface area contributed by atoms with Crippen LogP contribution in [0.5, 0.6) is 11.5 Å². The average molecular weight is 378 g/mol. The van der Waals surface area contributed by atoms with E-state index in [1.54, 1.807) is 36.4 Å². The largest absolute Gasteiger partial charge is 0.493 e. The number of aryl methyl sites for hydroxylation is 2. The number of hydrogen-bond donors (Lipinski definition) is 1. The summed E-state index contributed by atoms with van der Waals surface area (Å²) in [6.45, 7) is 7.91. The van der Waals surface area contributed by atoms with E-state index in [0.29, 0.717) is 29.4 Å². The second kappa shape index (κ2) is 8.00. The van der Waals surface area contributed by atoms with Crippen LogP contribution in [0.15, 0.2) is 54.6 Å². The maximum atomic E-state index is 12.8. The van der Waals surface area contributed by atoms with Gasteiger partial charge in [-0.25, -0.2) is 5.01 Å². The second-order valence-corrected chi connectivity index (χ2v) is 6.42. The summed E-state index contributed by atoms with van der Waals surface area (Å²) in [5.41, 5.74) is 6.10. The van der Waals surface area contributed by atoms with Crippen molar-refractivity contribution in [2.75, 3.05) is 18.7 Å². The van der Waals surface area contributed by atoms with Crippen LogP contribution in [0.2, 0.25) is 0 Å². The zero-order valence-corrected chi connectivity index (χ0v) is 16.1. The molecule has 6 nitrogen and oxygen atoms in total. The minimum Gasteiger partial charge on any atom is -0.493 e. The third-order valence-corrected chi connectivity index (χ3v) is 4.50. The standard InChI is InChI=1S/C22H22N2O4/c1-5-10-28-19-9-7-16(13-20(19)27-4)12-18-21(25)23-24(22(18)26)17-8-6-14(2)15(3)11-17/h5-9,11-13H,1,10H2,2-4H3,(H,23,25)/b18-12-. The van der Waals surface area contributed by atoms with Gasteiger partial charge in [-0.1, -0.05) is 24.8 Å². The van der Waals surface area contributed by atoms with Crippen molar-refractivity contribution in [3.05, 3.63) is 71.3 Å². The molecule has 0 unspecified atom stereocenters. The zero-order valence-electron chi connectivity index (χ0n) is 16.1. The van der Waals surface area contributed by atoms with Gasteiger partial charge >= 0.3 is 0 Å². The number of methoxy groups -OCH3 is 1. The molecule has 0 bridgehead atoms. The van der Waals surface area contributed by atoms with Gasteiger partial charge in [0, 0.05) is 0 Å². The number of benzene rings is 2. The number of hydrazine groups is 1. The van der Waals surface area contributed by atoms with Gasteiger partial charge in [-0.2, -0.15) is 0 Å². The Morgan fingerprint density at radius 1 is 1.07 bits per heavy atom. The summed E-state index contributed by atoms with van der Waals surface area (Å²) in [5, 5.41) is 1.26. The van der Waals surface area contributed by atoms with Gasteiger partial charge in [-0.15, -0.1) is 0 Å². The molecule has 2 amide bonds. The first-order valence-corrected chi connectivity index (χ1v) is 8.80. The van der Waals surface area contributed by atoms with Crippen LogP contribution < -0.4 is 19.9 Å². The van der Waals surface area contributed by atoms with Gasteiger partial charge in [-0.3, -0.25) is 15.0 Å². The Labute approximate surface area is 164 Å². The summed E-state index contributed by atoms with van der Waals surface area (Å²) in [5.74, 6) is 0.213. The Hall–Kier alpha value is -3.54. The van der Waals surface area contributed by atoms with Crippen LogP contribution in [0.3, 0.4) is 0 Å². The van der Waals surface area contributed by atoms with Crippen molar-refractivity contribution in [1.82, 2.24) is 5.43 Å². The number of nitrogens with zero attached hydrogens (tertiary/aromatic N) is 1. The highest BCUT2D eigenvalue weighted by Gasteiger charge is 2.34. The van der Waals surface area contributed by atoms with Crippen LogP contribution in [0.4, 0.5) is 5.69 Å². The molecule has 0 aromatic heterocycles. The highest BCUT2D eigenvalue weighted by molar-refractivity contribution is 6.31. The van der Waals surface area contributed by atoms with E-state index < -0.39 is 11.8 Å². The highest BCUT2D eigenvalue weighted by atomic mass is 16.5. The van der Waals surface area contributed by atoms with Gasteiger partial charge in [0.25, 0.3) is 11.8 Å². The number of hydrogen-bond acceptors (Lipinski definition) is 4. The number of nitrogens with one attached hydrogen (secondary N) is 1. The molecule has 0 spiro atoms. The maximum Gasteiger partial charge on any atom is 0.282 e. The normalized spacial score (nSPS) is 15.0. The van der Waals surface area contributed by atoms with E-state index in [-0.39, 0.29) is 5.57 Å². The predicted molar refractivity (Wildman–Crippen MR) is 108 cm³/mol. The molecule has 144 valence electrons. The van der Waals surface area contributed by atoms with Crippen LogP contribution in [0, 0.1) is 13.8 Å². The molecule has 2 aromatic carbocycles. The van der Waals surface area contributed by atoms with Crippen molar-refractivity contribution in [3.8, 4) is 11.5 Å². The number of carbonyl (C=O) groups excluding carboxylic acids is 2. The molecule has 28 heavy (non-hydrogen) atoms. The fourth-order valence-electron chi connectivity index (χ4n) is 2.81. The van der Waals surface area contributed by atoms with Crippen molar-refractivity contribution in [3.63, 3.8) is 0 Å². The van der Waals surface area contributed by atoms with Gasteiger partial charge in [-0.05, 0) is 60.9 Å². The minimum atomic E-state index is -0.450. The highest BCUT2D eigenvalue weighted by Crippen LogP contribution is 2.30. The summed E-state index contributed by atoms with van der Waals surface area (Å²) in [6.07, 6.45) is 3.18. The first-order valence-electron chi connectivity index (χ1n) is 8.80. The SMILES string of the molecule is C=CCOc1ccc(/C=C2/C(=O)NN(c3ccc(C)c(C)c3)C2=O)cc1OC. The van der Waals surface area contributed by atoms with Crippen LogP contribution in [-0.2, 0) is 9.59 Å². The summed E-state index contributed by atoms with van der Waals surface area (Å²) in [7, 11) is 1.53. The molecule has 1 fully saturated rings. The third-order valence-electron chi connectivity index (χ3n) is 4.50. The monoisotopic (exact) mass is 378 g/mol. The van der Waals surface area contributed by atoms with Crippen molar-refractivity contribution < 1.29 is 19.1 Å². The second-order valence-electron chi connectivity index (χ2n) is 6.42. The lowest BCUT2D eigenvalue weighted by Gasteiger charge is -2.16. The summed E-state index contributed by atoms with van der Waals surface area (Å²) in [4.78, 5) is 25.2. The Kier molecular flexibility index (Phi) is 5.49. The third kappa shape index (κ3) is 3.76. The van der Waals surface area contributed by atoms with E-state index in [0.717, 1.165) is 11.1 Å². The van der Waals surface area contributed by atoms with Gasteiger partial charge in [0.05, 0.1) is 12.8 Å². The van der Waals surface area contributed by atoms with Crippen LogP contribution in [0.1, 0.15) is 16.7 Å². The fourth-order valence-corrected chi connectivity index (χ4v) is 2.81. The molecule has 3 rings (SSSR count). The molecule has 6 heteroatoms. The van der Waals surface area contributed by atoms with Crippen molar-refractivity contribution in [2.24, 2.45) is 0 Å². The molecule has 1 N–H and O–H groups in total. The molecule has 1 heterocycles. The van der Waals surface area contributed by atoms with E-state index in [1.165, 1.54) is 12.1 Å². The van der Waals surface area contributed by atoms with E-state index in [1.807, 2.05) is 26.0 Å². The number of rotatable bonds is 6. The minimum absolute atomic E-state index is 0.0556. The lowest BCUT2D eigenvalue weighted by Crippen LogP contribution is -2.35. The summed E-state index contributed by atoms with van der Waals surface area (Å²) >= 11 is 0. The maximum absolute atomic E-state index is 12.8. The first kappa shape index (κ1) is 19.2. The van der Waals surface area contributed by atoms with Crippen molar-refractivity contribution >= 4 is 23.6 Å². The first-order chi connectivity index (χ1) is 13.4. The number of anilines is 1.